The van der Waals surface area contributed by atoms with Gasteiger partial charge < -0.3 is 9.84 Å². The number of anilines is 1. The molecular weight excluding hydrogens is 508 g/mol. The number of carbonyl (C=O) groups excluding carboxylic acids is 1. The minimum absolute atomic E-state index is 0.0427. The van der Waals surface area contributed by atoms with Gasteiger partial charge in [-0.05, 0) is 54.4 Å². The molecule has 0 radical (unpaired) electrons. The van der Waals surface area contributed by atoms with Crippen LogP contribution in [0.1, 0.15) is 32.6 Å². The number of phenolic OH excluding ortho intramolecular Hbond substituents is 1. The number of aromatic nitrogens is 1. The van der Waals surface area contributed by atoms with Crippen LogP contribution < -0.4 is 5.32 Å². The molecule has 4 aromatic rings. The number of fused-ring (bicyclic) bond motifs is 1. The van der Waals surface area contributed by atoms with Crippen LogP contribution in [0.15, 0.2) is 48.5 Å². The Balaban J connectivity index is 1.62. The molecule has 0 fully saturated rings. The van der Waals surface area contributed by atoms with Crippen LogP contribution in [0.25, 0.3) is 10.2 Å². The molecule has 182 valence electrons. The van der Waals surface area contributed by atoms with E-state index in [9.17, 15) is 27.5 Å². The zero-order valence-electron chi connectivity index (χ0n) is 18.0. The predicted octanol–water partition coefficient (Wildman–Crippen LogP) is 7.09. The number of thiazole rings is 1. The fourth-order valence-corrected chi connectivity index (χ4v) is 4.58. The van der Waals surface area contributed by atoms with Crippen molar-refractivity contribution in [1.29, 1.82) is 0 Å². The summed E-state index contributed by atoms with van der Waals surface area (Å²) >= 11 is 6.83. The maximum Gasteiger partial charge on any atom is 0.416 e. The maximum absolute atomic E-state index is 13.5. The molecule has 0 aliphatic heterocycles. The van der Waals surface area contributed by atoms with Crippen LogP contribution in [0.3, 0.4) is 0 Å². The normalized spacial score (nSPS) is 11.7. The summed E-state index contributed by atoms with van der Waals surface area (Å²) in [4.78, 5) is 17.0. The van der Waals surface area contributed by atoms with Gasteiger partial charge in [0.2, 0.25) is 0 Å². The molecular formula is C24H17ClF4N2O3S. The maximum atomic E-state index is 13.5. The summed E-state index contributed by atoms with van der Waals surface area (Å²) in [5.41, 5.74) is 0.488. The third kappa shape index (κ3) is 5.72. The summed E-state index contributed by atoms with van der Waals surface area (Å²) in [5, 5.41) is 13.0. The smallest absolute Gasteiger partial charge is 0.416 e. The highest BCUT2D eigenvalue weighted by Crippen LogP contribution is 2.37. The summed E-state index contributed by atoms with van der Waals surface area (Å²) < 4.78 is 59.3. The lowest BCUT2D eigenvalue weighted by atomic mass is 10.1. The van der Waals surface area contributed by atoms with Crippen LogP contribution in [0, 0.1) is 12.7 Å². The number of nitrogens with one attached hydrogen (secondary N) is 1. The first-order valence-electron chi connectivity index (χ1n) is 10.1. The number of nitrogens with zero attached hydrogens (tertiary/aromatic N) is 1. The Labute approximate surface area is 205 Å². The van der Waals surface area contributed by atoms with E-state index in [0.29, 0.717) is 11.1 Å². The van der Waals surface area contributed by atoms with Crippen LogP contribution in [0.4, 0.5) is 22.7 Å². The van der Waals surface area contributed by atoms with Crippen molar-refractivity contribution in [3.05, 3.63) is 87.2 Å². The van der Waals surface area contributed by atoms with E-state index in [1.165, 1.54) is 36.4 Å². The average Bonchev–Trinajstić information content (AvgIpc) is 3.19. The van der Waals surface area contributed by atoms with E-state index in [0.717, 1.165) is 23.5 Å². The summed E-state index contributed by atoms with van der Waals surface area (Å²) in [6.07, 6.45) is -4.60. The molecule has 35 heavy (non-hydrogen) atoms. The number of halogens is 5. The standard InChI is InChI=1S/C24H17ClF4N2O3S/c1-12-6-16(25)9-18(21(12)32)22(33)31-23-30-20-14(7-15(24(27,28)29)8-19(20)35-23)11-34-10-13-2-4-17(26)5-3-13/h2-9,32H,10-11H2,1H3,(H,30,31,33). The van der Waals surface area contributed by atoms with E-state index in [2.05, 4.69) is 10.3 Å². The van der Waals surface area contributed by atoms with Gasteiger partial charge in [0.1, 0.15) is 11.6 Å². The van der Waals surface area contributed by atoms with Gasteiger partial charge in [-0.1, -0.05) is 35.1 Å². The van der Waals surface area contributed by atoms with Crippen molar-refractivity contribution >= 4 is 44.2 Å². The van der Waals surface area contributed by atoms with Crippen LogP contribution in [-0.2, 0) is 24.1 Å². The Hall–Kier alpha value is -3.21. The van der Waals surface area contributed by atoms with Crippen molar-refractivity contribution in [2.24, 2.45) is 0 Å². The van der Waals surface area contributed by atoms with Crippen molar-refractivity contribution in [2.75, 3.05) is 5.32 Å². The molecule has 3 aromatic carbocycles. The number of hydrogen-bond donors (Lipinski definition) is 2. The number of carbonyl (C=O) groups is 1. The van der Waals surface area contributed by atoms with Crippen molar-refractivity contribution in [1.82, 2.24) is 4.98 Å². The SMILES string of the molecule is Cc1cc(Cl)cc(C(=O)Nc2nc3c(COCc4ccc(F)cc4)cc(C(F)(F)F)cc3s2)c1O. The van der Waals surface area contributed by atoms with E-state index >= 15 is 0 Å². The minimum Gasteiger partial charge on any atom is -0.507 e. The van der Waals surface area contributed by atoms with Gasteiger partial charge in [0, 0.05) is 10.6 Å². The number of aromatic hydroxyl groups is 1. The van der Waals surface area contributed by atoms with Gasteiger partial charge in [-0.25, -0.2) is 9.37 Å². The Kier molecular flexibility index (Phi) is 6.98. The van der Waals surface area contributed by atoms with E-state index in [1.807, 2.05) is 0 Å². The third-order valence-corrected chi connectivity index (χ3v) is 6.21. The number of alkyl halides is 3. The third-order valence-electron chi connectivity index (χ3n) is 5.07. The van der Waals surface area contributed by atoms with E-state index in [4.69, 9.17) is 16.3 Å². The highest BCUT2D eigenvalue weighted by atomic mass is 35.5. The molecule has 0 saturated carbocycles. The first kappa shape index (κ1) is 24.9. The second-order valence-electron chi connectivity index (χ2n) is 7.69. The second-order valence-corrected chi connectivity index (χ2v) is 9.16. The number of aryl methyl sites for hydroxylation is 1. The number of phenols is 1. The number of ether oxygens (including phenoxy) is 1. The molecule has 0 saturated heterocycles. The van der Waals surface area contributed by atoms with Gasteiger partial charge in [-0.2, -0.15) is 13.2 Å². The van der Waals surface area contributed by atoms with Crippen molar-refractivity contribution in [3.8, 4) is 5.75 Å². The van der Waals surface area contributed by atoms with Gasteiger partial charge in [-0.3, -0.25) is 10.1 Å². The summed E-state index contributed by atoms with van der Waals surface area (Å²) in [6.45, 7) is 1.44. The monoisotopic (exact) mass is 524 g/mol. The fraction of sp³-hybridized carbons (Fsp3) is 0.167. The molecule has 0 aliphatic rings. The average molecular weight is 525 g/mol. The molecule has 11 heteroatoms. The molecule has 1 aromatic heterocycles. The van der Waals surface area contributed by atoms with Gasteiger partial charge >= 0.3 is 6.18 Å². The van der Waals surface area contributed by atoms with E-state index in [-0.39, 0.29) is 50.5 Å². The Morgan fingerprint density at radius 1 is 1.14 bits per heavy atom. The van der Waals surface area contributed by atoms with E-state index in [1.54, 1.807) is 6.92 Å². The van der Waals surface area contributed by atoms with Gasteiger partial charge in [0.15, 0.2) is 5.13 Å². The van der Waals surface area contributed by atoms with Crippen molar-refractivity contribution < 1.29 is 32.2 Å². The molecule has 4 rings (SSSR count). The quantitative estimate of drug-likeness (QED) is 0.264. The zero-order valence-corrected chi connectivity index (χ0v) is 19.6. The number of hydrogen-bond acceptors (Lipinski definition) is 5. The van der Waals surface area contributed by atoms with Gasteiger partial charge in [-0.15, -0.1) is 0 Å². The van der Waals surface area contributed by atoms with Crippen LogP contribution >= 0.6 is 22.9 Å². The topological polar surface area (TPSA) is 71.5 Å². The molecule has 1 amide bonds. The predicted molar refractivity (Wildman–Crippen MR) is 125 cm³/mol. The first-order valence-corrected chi connectivity index (χ1v) is 11.3. The van der Waals surface area contributed by atoms with Crippen LogP contribution in [-0.4, -0.2) is 16.0 Å². The van der Waals surface area contributed by atoms with Gasteiger partial charge in [0.05, 0.1) is 34.6 Å². The lowest BCUT2D eigenvalue weighted by molar-refractivity contribution is -0.137. The summed E-state index contributed by atoms with van der Waals surface area (Å²) in [7, 11) is 0. The Morgan fingerprint density at radius 2 is 1.86 bits per heavy atom. The highest BCUT2D eigenvalue weighted by Gasteiger charge is 2.32. The van der Waals surface area contributed by atoms with Gasteiger partial charge in [0.25, 0.3) is 5.91 Å². The lowest BCUT2D eigenvalue weighted by Crippen LogP contribution is -2.12. The van der Waals surface area contributed by atoms with Crippen LogP contribution in [0.5, 0.6) is 5.75 Å². The molecule has 0 spiro atoms. The Morgan fingerprint density at radius 3 is 2.54 bits per heavy atom. The second kappa shape index (κ2) is 9.80. The lowest BCUT2D eigenvalue weighted by Gasteiger charge is -2.10. The molecule has 1 heterocycles. The molecule has 0 bridgehead atoms. The number of benzene rings is 3. The summed E-state index contributed by atoms with van der Waals surface area (Å²) in [6, 6.07) is 10.2. The Bertz CT molecular complexity index is 1400. The molecule has 5 nitrogen and oxygen atoms in total. The number of rotatable bonds is 6. The van der Waals surface area contributed by atoms with Crippen molar-refractivity contribution in [2.45, 2.75) is 26.3 Å². The van der Waals surface area contributed by atoms with Crippen molar-refractivity contribution in [3.63, 3.8) is 0 Å². The molecule has 2 N–H and O–H groups in total. The molecule has 0 unspecified atom stereocenters. The first-order chi connectivity index (χ1) is 16.5. The van der Waals surface area contributed by atoms with E-state index < -0.39 is 23.5 Å². The molecule has 0 atom stereocenters. The largest absolute Gasteiger partial charge is 0.507 e. The minimum atomic E-state index is -4.60. The molecule has 0 aliphatic carbocycles. The van der Waals surface area contributed by atoms with Crippen LogP contribution in [0.2, 0.25) is 5.02 Å². The fourth-order valence-electron chi connectivity index (χ4n) is 3.36. The highest BCUT2D eigenvalue weighted by molar-refractivity contribution is 7.22. The summed E-state index contributed by atoms with van der Waals surface area (Å²) in [5.74, 6) is -1.38. The zero-order chi connectivity index (χ0) is 25.3. The number of amides is 1.